The second-order valence-corrected chi connectivity index (χ2v) is 8.66. The molecule has 1 aliphatic rings. The number of furan rings is 1. The van der Waals surface area contributed by atoms with Crippen LogP contribution in [-0.4, -0.2) is 52.5 Å². The van der Waals surface area contributed by atoms with Gasteiger partial charge in [0.2, 0.25) is 10.0 Å². The number of rotatable bonds is 9. The minimum atomic E-state index is -3.38. The van der Waals surface area contributed by atoms with Gasteiger partial charge < -0.3 is 19.8 Å². The van der Waals surface area contributed by atoms with E-state index in [2.05, 4.69) is 20.3 Å². The number of hydrogen-bond acceptors (Lipinski definition) is 5. The van der Waals surface area contributed by atoms with Crippen molar-refractivity contribution in [2.45, 2.75) is 52.2 Å². The quantitative estimate of drug-likeness (QED) is 0.430. The highest BCUT2D eigenvalue weighted by atomic mass is 32.2. The van der Waals surface area contributed by atoms with Crippen LogP contribution in [0.15, 0.2) is 21.5 Å². The molecular formula is C18H32N4O4S. The summed E-state index contributed by atoms with van der Waals surface area (Å²) in [5.74, 6) is 2.15. The molecule has 1 aromatic heterocycles. The van der Waals surface area contributed by atoms with E-state index in [-0.39, 0.29) is 24.4 Å². The number of nitrogens with zero attached hydrogens (tertiary/aromatic N) is 1. The summed E-state index contributed by atoms with van der Waals surface area (Å²) in [5, 5.41) is 6.35. The molecule has 0 amide bonds. The molecule has 2 heterocycles. The number of ether oxygens (including phenoxy) is 1. The summed E-state index contributed by atoms with van der Waals surface area (Å²) in [5.41, 5.74) is 0. The van der Waals surface area contributed by atoms with Gasteiger partial charge in [-0.3, -0.25) is 4.99 Å². The molecule has 0 aliphatic carbocycles. The molecule has 27 heavy (non-hydrogen) atoms. The van der Waals surface area contributed by atoms with Crippen molar-refractivity contribution in [3.8, 4) is 0 Å². The zero-order valence-corrected chi connectivity index (χ0v) is 17.3. The van der Waals surface area contributed by atoms with Gasteiger partial charge in [0.25, 0.3) is 0 Å². The molecule has 0 radical (unpaired) electrons. The van der Waals surface area contributed by atoms with Crippen LogP contribution in [0.4, 0.5) is 0 Å². The van der Waals surface area contributed by atoms with E-state index < -0.39 is 10.0 Å². The molecule has 1 aromatic rings. The van der Waals surface area contributed by atoms with Crippen LogP contribution in [-0.2, 0) is 14.8 Å². The average molecular weight is 401 g/mol. The number of guanidine groups is 1. The first-order chi connectivity index (χ1) is 12.9. The van der Waals surface area contributed by atoms with Crippen LogP contribution in [0, 0.1) is 6.92 Å². The Hall–Kier alpha value is -1.58. The first-order valence-corrected chi connectivity index (χ1v) is 11.2. The van der Waals surface area contributed by atoms with Crippen molar-refractivity contribution in [3.05, 3.63) is 23.7 Å². The Kier molecular flexibility index (Phi) is 8.59. The molecule has 3 N–H and O–H groups in total. The number of hydrogen-bond donors (Lipinski definition) is 3. The van der Waals surface area contributed by atoms with Crippen LogP contribution in [0.1, 0.15) is 50.7 Å². The van der Waals surface area contributed by atoms with Crippen LogP contribution >= 0.6 is 0 Å². The van der Waals surface area contributed by atoms with Gasteiger partial charge in [0, 0.05) is 19.7 Å². The Balaban J connectivity index is 1.82. The molecular weight excluding hydrogens is 368 g/mol. The number of nitrogens with one attached hydrogen (secondary N) is 3. The Bertz CT molecular complexity index is 696. The lowest BCUT2D eigenvalue weighted by Crippen LogP contribution is -2.40. The van der Waals surface area contributed by atoms with Crippen molar-refractivity contribution in [1.82, 2.24) is 15.4 Å². The maximum absolute atomic E-state index is 12.2. The summed E-state index contributed by atoms with van der Waals surface area (Å²) in [7, 11) is -3.38. The van der Waals surface area contributed by atoms with Crippen LogP contribution in [0.5, 0.6) is 0 Å². The molecule has 0 bridgehead atoms. The lowest BCUT2D eigenvalue weighted by atomic mass is 10.1. The monoisotopic (exact) mass is 400 g/mol. The van der Waals surface area contributed by atoms with E-state index in [0.29, 0.717) is 25.7 Å². The predicted octanol–water partition coefficient (Wildman–Crippen LogP) is 1.69. The molecule has 2 atom stereocenters. The standard InChI is InChI=1S/C18H32N4O4S/c1-4-19-18(22-15(3)17-9-8-14(2)26-17)20-10-12-27(23,24)21-13-16-7-5-6-11-25-16/h8-9,15-16,21H,4-7,10-13H2,1-3H3,(H2,19,20,22). The van der Waals surface area contributed by atoms with Gasteiger partial charge in [-0.1, -0.05) is 0 Å². The molecule has 2 rings (SSSR count). The minimum absolute atomic E-state index is 0.0198. The van der Waals surface area contributed by atoms with Crippen LogP contribution in [0.25, 0.3) is 0 Å². The topological polar surface area (TPSA) is 105 Å². The SMILES string of the molecule is CCNC(=NCCS(=O)(=O)NCC1CCCCO1)NC(C)c1ccc(C)o1. The third kappa shape index (κ3) is 7.90. The lowest BCUT2D eigenvalue weighted by Gasteiger charge is -2.22. The van der Waals surface area contributed by atoms with E-state index in [1.807, 2.05) is 32.9 Å². The van der Waals surface area contributed by atoms with Gasteiger partial charge in [-0.25, -0.2) is 13.1 Å². The summed E-state index contributed by atoms with van der Waals surface area (Å²) >= 11 is 0. The van der Waals surface area contributed by atoms with Crippen molar-refractivity contribution >= 4 is 16.0 Å². The van der Waals surface area contributed by atoms with Crippen molar-refractivity contribution in [2.24, 2.45) is 4.99 Å². The Labute approximate surface area is 162 Å². The summed E-state index contributed by atoms with van der Waals surface area (Å²) in [6.45, 7) is 7.71. The minimum Gasteiger partial charge on any atom is -0.464 e. The first kappa shape index (κ1) is 21.7. The molecule has 0 spiro atoms. The zero-order valence-electron chi connectivity index (χ0n) is 16.5. The zero-order chi connectivity index (χ0) is 19.7. The molecule has 1 aliphatic heterocycles. The molecule has 154 valence electrons. The van der Waals surface area contributed by atoms with Crippen molar-refractivity contribution in [3.63, 3.8) is 0 Å². The van der Waals surface area contributed by atoms with Gasteiger partial charge in [-0.15, -0.1) is 0 Å². The molecule has 2 unspecified atom stereocenters. The van der Waals surface area contributed by atoms with Gasteiger partial charge in [0.1, 0.15) is 11.5 Å². The van der Waals surface area contributed by atoms with Crippen LogP contribution in [0.2, 0.25) is 0 Å². The third-order valence-corrected chi connectivity index (χ3v) is 5.65. The van der Waals surface area contributed by atoms with Crippen LogP contribution in [0.3, 0.4) is 0 Å². The molecule has 8 nitrogen and oxygen atoms in total. The predicted molar refractivity (Wildman–Crippen MR) is 106 cm³/mol. The van der Waals surface area contributed by atoms with Gasteiger partial charge in [-0.2, -0.15) is 0 Å². The molecule has 0 aromatic carbocycles. The normalized spacial score (nSPS) is 19.7. The number of aliphatic imine (C=N–C) groups is 1. The van der Waals surface area contributed by atoms with Crippen LogP contribution < -0.4 is 15.4 Å². The Morgan fingerprint density at radius 2 is 2.19 bits per heavy atom. The average Bonchev–Trinajstić information content (AvgIpc) is 3.07. The summed E-state index contributed by atoms with van der Waals surface area (Å²) < 4.78 is 38.1. The van der Waals surface area contributed by atoms with E-state index in [9.17, 15) is 8.42 Å². The van der Waals surface area contributed by atoms with Gasteiger partial charge >= 0.3 is 0 Å². The van der Waals surface area contributed by atoms with Gasteiger partial charge in [-0.05, 0) is 52.2 Å². The van der Waals surface area contributed by atoms with E-state index in [1.54, 1.807) is 0 Å². The molecule has 1 saturated heterocycles. The lowest BCUT2D eigenvalue weighted by molar-refractivity contribution is 0.0200. The van der Waals surface area contributed by atoms with E-state index in [0.717, 1.165) is 30.8 Å². The van der Waals surface area contributed by atoms with E-state index in [1.165, 1.54) is 0 Å². The largest absolute Gasteiger partial charge is 0.464 e. The number of sulfonamides is 1. The van der Waals surface area contributed by atoms with Gasteiger partial charge in [0.05, 0.1) is 24.4 Å². The third-order valence-electron chi connectivity index (χ3n) is 4.32. The van der Waals surface area contributed by atoms with Gasteiger partial charge in [0.15, 0.2) is 5.96 Å². The summed E-state index contributed by atoms with van der Waals surface area (Å²) in [6.07, 6.45) is 3.02. The highest BCUT2D eigenvalue weighted by molar-refractivity contribution is 7.89. The second kappa shape index (κ2) is 10.7. The highest BCUT2D eigenvalue weighted by Crippen LogP contribution is 2.15. The van der Waals surface area contributed by atoms with Crippen molar-refractivity contribution in [1.29, 1.82) is 0 Å². The second-order valence-electron chi connectivity index (χ2n) is 6.73. The van der Waals surface area contributed by atoms with Crippen molar-refractivity contribution < 1.29 is 17.6 Å². The molecule has 9 heteroatoms. The number of aryl methyl sites for hydroxylation is 1. The summed E-state index contributed by atoms with van der Waals surface area (Å²) in [6, 6.07) is 3.75. The van der Waals surface area contributed by atoms with Crippen molar-refractivity contribution in [2.75, 3.05) is 32.0 Å². The Morgan fingerprint density at radius 1 is 1.37 bits per heavy atom. The summed E-state index contributed by atoms with van der Waals surface area (Å²) in [4.78, 5) is 4.37. The Morgan fingerprint density at radius 3 is 2.81 bits per heavy atom. The first-order valence-electron chi connectivity index (χ1n) is 9.59. The van der Waals surface area contributed by atoms with E-state index in [4.69, 9.17) is 9.15 Å². The maximum Gasteiger partial charge on any atom is 0.213 e. The fraction of sp³-hybridized carbons (Fsp3) is 0.722. The molecule has 0 saturated carbocycles. The highest BCUT2D eigenvalue weighted by Gasteiger charge is 2.17. The maximum atomic E-state index is 12.2. The fourth-order valence-electron chi connectivity index (χ4n) is 2.82. The fourth-order valence-corrected chi connectivity index (χ4v) is 3.74. The van der Waals surface area contributed by atoms with E-state index >= 15 is 0 Å². The molecule has 1 fully saturated rings. The smallest absolute Gasteiger partial charge is 0.213 e.